The molecular weight excluding hydrogens is 323 g/mol. The fraction of sp³-hybridized carbons (Fsp3) is 0.938. The summed E-state index contributed by atoms with van der Waals surface area (Å²) in [6.45, 7) is 8.62. The Morgan fingerprint density at radius 1 is 1.21 bits per heavy atom. The summed E-state index contributed by atoms with van der Waals surface area (Å²) in [4.78, 5) is 16.2. The van der Waals surface area contributed by atoms with E-state index < -0.39 is 12.8 Å². The van der Waals surface area contributed by atoms with Crippen LogP contribution in [0.4, 0.5) is 18.0 Å². The van der Waals surface area contributed by atoms with Crippen molar-refractivity contribution >= 4 is 6.03 Å². The number of rotatable bonds is 8. The molecule has 0 spiro atoms. The molecule has 1 saturated heterocycles. The molecule has 0 aromatic heterocycles. The molecular formula is C16H30F3N3O2. The Morgan fingerprint density at radius 3 is 2.33 bits per heavy atom. The van der Waals surface area contributed by atoms with E-state index in [-0.39, 0.29) is 18.7 Å². The number of carbonyl (C=O) groups excluding carboxylic acids is 1. The van der Waals surface area contributed by atoms with Crippen LogP contribution in [-0.4, -0.2) is 74.0 Å². The molecule has 1 atom stereocenters. The van der Waals surface area contributed by atoms with Crippen LogP contribution in [0.3, 0.4) is 0 Å². The van der Waals surface area contributed by atoms with E-state index in [1.54, 1.807) is 0 Å². The lowest BCUT2D eigenvalue weighted by molar-refractivity contribution is -0.174. The van der Waals surface area contributed by atoms with Crippen LogP contribution < -0.4 is 5.32 Å². The number of nitrogens with one attached hydrogen (secondary N) is 1. The lowest BCUT2D eigenvalue weighted by Crippen LogP contribution is -2.54. The zero-order valence-electron chi connectivity index (χ0n) is 14.9. The van der Waals surface area contributed by atoms with Crippen LogP contribution >= 0.6 is 0 Å². The molecule has 5 nitrogen and oxygen atoms in total. The van der Waals surface area contributed by atoms with Crippen LogP contribution in [0.1, 0.15) is 33.6 Å². The zero-order chi connectivity index (χ0) is 18.2. The number of nitrogens with zero attached hydrogens (tertiary/aromatic N) is 2. The maximum Gasteiger partial charge on any atom is 0.411 e. The van der Waals surface area contributed by atoms with Crippen molar-refractivity contribution in [2.45, 2.75) is 45.8 Å². The molecule has 1 rings (SSSR count). The third-order valence-electron chi connectivity index (χ3n) is 4.24. The van der Waals surface area contributed by atoms with Crippen molar-refractivity contribution in [3.8, 4) is 0 Å². The molecule has 24 heavy (non-hydrogen) atoms. The lowest BCUT2D eigenvalue weighted by atomic mass is 10.0. The molecule has 1 aliphatic heterocycles. The number of amides is 2. The minimum Gasteiger partial charge on any atom is -0.372 e. The number of halogens is 3. The van der Waals surface area contributed by atoms with E-state index in [9.17, 15) is 18.0 Å². The van der Waals surface area contributed by atoms with Gasteiger partial charge in [-0.15, -0.1) is 0 Å². The Balaban J connectivity index is 2.18. The topological polar surface area (TPSA) is 44.8 Å². The highest BCUT2D eigenvalue weighted by atomic mass is 19.4. The minimum atomic E-state index is -4.26. The average molecular weight is 353 g/mol. The van der Waals surface area contributed by atoms with Crippen molar-refractivity contribution < 1.29 is 22.7 Å². The summed E-state index contributed by atoms with van der Waals surface area (Å²) in [7, 11) is 0. The SMILES string of the molecule is CCC(NC(=O)N1CCN(CCCOCC(F)(F)F)CC1)C(C)C. The number of alkyl halides is 3. The second-order valence-corrected chi connectivity index (χ2v) is 6.56. The quantitative estimate of drug-likeness (QED) is 0.683. The molecule has 0 radical (unpaired) electrons. The molecule has 142 valence electrons. The second kappa shape index (κ2) is 10.1. The third-order valence-corrected chi connectivity index (χ3v) is 4.24. The van der Waals surface area contributed by atoms with Gasteiger partial charge in [-0.25, -0.2) is 4.79 Å². The molecule has 0 aliphatic carbocycles. The number of carbonyl (C=O) groups is 1. The summed E-state index contributed by atoms with van der Waals surface area (Å²) in [5.41, 5.74) is 0. The van der Waals surface area contributed by atoms with Crippen LogP contribution in [0.5, 0.6) is 0 Å². The third kappa shape index (κ3) is 8.19. The molecule has 1 N–H and O–H groups in total. The molecule has 8 heteroatoms. The van der Waals surface area contributed by atoms with Crippen molar-refractivity contribution in [1.82, 2.24) is 15.1 Å². The number of urea groups is 1. The molecule has 0 aromatic carbocycles. The fourth-order valence-corrected chi connectivity index (χ4v) is 2.74. The molecule has 1 unspecified atom stereocenters. The van der Waals surface area contributed by atoms with Crippen LogP contribution in [0.2, 0.25) is 0 Å². The zero-order valence-corrected chi connectivity index (χ0v) is 14.9. The number of hydrogen-bond acceptors (Lipinski definition) is 3. The predicted molar refractivity (Wildman–Crippen MR) is 87.0 cm³/mol. The highest BCUT2D eigenvalue weighted by Gasteiger charge is 2.27. The van der Waals surface area contributed by atoms with E-state index in [0.717, 1.165) is 19.5 Å². The summed E-state index contributed by atoms with van der Waals surface area (Å²) in [5.74, 6) is 0.400. The highest BCUT2D eigenvalue weighted by Crippen LogP contribution is 2.14. The Morgan fingerprint density at radius 2 is 1.83 bits per heavy atom. The number of hydrogen-bond donors (Lipinski definition) is 1. The number of ether oxygens (including phenoxy) is 1. The molecule has 1 aliphatic rings. The summed E-state index contributed by atoms with van der Waals surface area (Å²) >= 11 is 0. The smallest absolute Gasteiger partial charge is 0.372 e. The standard InChI is InChI=1S/C16H30F3N3O2/c1-4-14(13(2)3)20-15(23)22-9-7-21(8-10-22)6-5-11-24-12-16(17,18)19/h13-14H,4-12H2,1-3H3,(H,20,23). The van der Waals surface area contributed by atoms with Gasteiger partial charge in [-0.1, -0.05) is 20.8 Å². The molecule has 1 heterocycles. The van der Waals surface area contributed by atoms with E-state index >= 15 is 0 Å². The van der Waals surface area contributed by atoms with Crippen molar-refractivity contribution in [2.24, 2.45) is 5.92 Å². The van der Waals surface area contributed by atoms with Crippen molar-refractivity contribution in [3.05, 3.63) is 0 Å². The normalized spacial score (nSPS) is 18.0. The first-order chi connectivity index (χ1) is 11.2. The maximum absolute atomic E-state index is 12.2. The van der Waals surface area contributed by atoms with E-state index in [4.69, 9.17) is 0 Å². The number of piperazine rings is 1. The van der Waals surface area contributed by atoms with Crippen molar-refractivity contribution in [1.29, 1.82) is 0 Å². The van der Waals surface area contributed by atoms with Gasteiger partial charge in [0.1, 0.15) is 6.61 Å². The lowest BCUT2D eigenvalue weighted by Gasteiger charge is -2.36. The van der Waals surface area contributed by atoms with Gasteiger partial charge in [-0.3, -0.25) is 4.90 Å². The van der Waals surface area contributed by atoms with E-state index in [1.807, 2.05) is 4.90 Å². The summed E-state index contributed by atoms with van der Waals surface area (Å²) in [6, 6.07) is 0.157. The van der Waals surface area contributed by atoms with E-state index in [0.29, 0.717) is 32.0 Å². The van der Waals surface area contributed by atoms with Gasteiger partial charge in [0.05, 0.1) is 0 Å². The summed E-state index contributed by atoms with van der Waals surface area (Å²) in [6.07, 6.45) is -2.79. The van der Waals surface area contributed by atoms with Gasteiger partial charge >= 0.3 is 12.2 Å². The minimum absolute atomic E-state index is 0.0243. The first-order valence-corrected chi connectivity index (χ1v) is 8.65. The van der Waals surface area contributed by atoms with Crippen LogP contribution in [0.25, 0.3) is 0 Å². The first-order valence-electron chi connectivity index (χ1n) is 8.65. The van der Waals surface area contributed by atoms with Gasteiger partial charge in [0.15, 0.2) is 0 Å². The highest BCUT2D eigenvalue weighted by molar-refractivity contribution is 5.74. The maximum atomic E-state index is 12.2. The molecule has 2 amide bonds. The predicted octanol–water partition coefficient (Wildman–Crippen LogP) is 2.72. The van der Waals surface area contributed by atoms with Gasteiger partial charge < -0.3 is 15.0 Å². The van der Waals surface area contributed by atoms with E-state index in [2.05, 4.69) is 35.7 Å². The molecule has 0 saturated carbocycles. The Hall–Kier alpha value is -1.02. The van der Waals surface area contributed by atoms with Crippen molar-refractivity contribution in [2.75, 3.05) is 45.9 Å². The Kier molecular flexibility index (Phi) is 8.83. The van der Waals surface area contributed by atoms with Gasteiger partial charge in [0, 0.05) is 45.4 Å². The van der Waals surface area contributed by atoms with Crippen LogP contribution in [0.15, 0.2) is 0 Å². The van der Waals surface area contributed by atoms with Gasteiger partial charge in [0.25, 0.3) is 0 Å². The fourth-order valence-electron chi connectivity index (χ4n) is 2.74. The van der Waals surface area contributed by atoms with Crippen LogP contribution in [0, 0.1) is 5.92 Å². The summed E-state index contributed by atoms with van der Waals surface area (Å²) < 4.78 is 40.4. The Labute approximate surface area is 142 Å². The van der Waals surface area contributed by atoms with Crippen molar-refractivity contribution in [3.63, 3.8) is 0 Å². The van der Waals surface area contributed by atoms with Gasteiger partial charge in [-0.2, -0.15) is 13.2 Å². The van der Waals surface area contributed by atoms with Gasteiger partial charge in [0.2, 0.25) is 0 Å². The molecule has 1 fully saturated rings. The molecule has 0 bridgehead atoms. The van der Waals surface area contributed by atoms with Gasteiger partial charge in [-0.05, 0) is 18.8 Å². The second-order valence-electron chi connectivity index (χ2n) is 6.56. The monoisotopic (exact) mass is 353 g/mol. The molecule has 0 aromatic rings. The van der Waals surface area contributed by atoms with E-state index in [1.165, 1.54) is 0 Å². The average Bonchev–Trinajstić information content (AvgIpc) is 2.51. The summed E-state index contributed by atoms with van der Waals surface area (Å²) in [5, 5.41) is 3.07. The Bertz CT molecular complexity index is 370. The largest absolute Gasteiger partial charge is 0.411 e. The van der Waals surface area contributed by atoms with Crippen LogP contribution in [-0.2, 0) is 4.74 Å². The first kappa shape index (κ1) is 21.0.